The lowest BCUT2D eigenvalue weighted by Gasteiger charge is -2.24. The molecule has 2 aliphatic heterocycles. The largest absolute Gasteiger partial charge is 0.381 e. The Morgan fingerprint density at radius 1 is 1.50 bits per heavy atom. The Hall–Kier alpha value is -1.62. The van der Waals surface area contributed by atoms with E-state index < -0.39 is 5.91 Å². The number of ether oxygens (including phenoxy) is 1. The molecule has 18 heavy (non-hydrogen) atoms. The fourth-order valence-corrected chi connectivity index (χ4v) is 2.96. The van der Waals surface area contributed by atoms with Crippen LogP contribution in [0.2, 0.25) is 0 Å². The summed E-state index contributed by atoms with van der Waals surface area (Å²) >= 11 is 0. The molecular weight excluding hydrogens is 230 g/mol. The quantitative estimate of drug-likeness (QED) is 0.839. The van der Waals surface area contributed by atoms with E-state index in [4.69, 9.17) is 10.5 Å². The number of pyridine rings is 1. The topological polar surface area (TPSA) is 68.5 Å². The molecule has 96 valence electrons. The van der Waals surface area contributed by atoms with Crippen LogP contribution in [0, 0.1) is 5.41 Å². The number of rotatable bonds is 2. The molecule has 0 aliphatic carbocycles. The van der Waals surface area contributed by atoms with Crippen molar-refractivity contribution >= 4 is 11.6 Å². The molecule has 2 aliphatic rings. The normalized spacial score (nSPS) is 27.0. The van der Waals surface area contributed by atoms with Crippen LogP contribution in [-0.4, -0.2) is 37.2 Å². The first-order valence-electron chi connectivity index (χ1n) is 6.27. The number of carbonyl (C=O) groups is 1. The van der Waals surface area contributed by atoms with Gasteiger partial charge in [0, 0.05) is 37.5 Å². The van der Waals surface area contributed by atoms with Gasteiger partial charge in [0.25, 0.3) is 5.91 Å². The van der Waals surface area contributed by atoms with E-state index in [9.17, 15) is 4.79 Å². The number of primary amides is 1. The number of nitrogens with zero attached hydrogens (tertiary/aromatic N) is 2. The van der Waals surface area contributed by atoms with E-state index in [-0.39, 0.29) is 5.41 Å². The molecule has 1 spiro atoms. The molecule has 1 amide bonds. The highest BCUT2D eigenvalue weighted by atomic mass is 16.5. The maximum Gasteiger partial charge on any atom is 0.252 e. The number of anilines is 1. The second-order valence-electron chi connectivity index (χ2n) is 5.23. The number of nitrogens with two attached hydrogens (primary N) is 1. The maximum atomic E-state index is 11.4. The summed E-state index contributed by atoms with van der Waals surface area (Å²) in [6, 6.07) is 1.87. The second kappa shape index (κ2) is 4.24. The molecule has 5 heteroatoms. The molecule has 1 aromatic rings. The van der Waals surface area contributed by atoms with E-state index in [1.54, 1.807) is 12.4 Å². The first-order chi connectivity index (χ1) is 8.70. The Bertz CT molecular complexity index is 469. The van der Waals surface area contributed by atoms with Crippen LogP contribution in [0.4, 0.5) is 5.69 Å². The van der Waals surface area contributed by atoms with Crippen LogP contribution in [0.15, 0.2) is 18.5 Å². The van der Waals surface area contributed by atoms with E-state index in [0.29, 0.717) is 5.56 Å². The molecule has 1 aromatic heterocycles. The smallest absolute Gasteiger partial charge is 0.252 e. The first-order valence-corrected chi connectivity index (χ1v) is 6.27. The minimum Gasteiger partial charge on any atom is -0.381 e. The molecule has 5 nitrogen and oxygen atoms in total. The number of carbonyl (C=O) groups excluding carboxylic acids is 1. The van der Waals surface area contributed by atoms with Crippen LogP contribution in [0.5, 0.6) is 0 Å². The third-order valence-corrected chi connectivity index (χ3v) is 4.03. The summed E-state index contributed by atoms with van der Waals surface area (Å²) in [6.07, 6.45) is 5.49. The summed E-state index contributed by atoms with van der Waals surface area (Å²) in [7, 11) is 0. The van der Waals surface area contributed by atoms with Crippen LogP contribution in [0.1, 0.15) is 23.2 Å². The molecule has 3 heterocycles. The van der Waals surface area contributed by atoms with E-state index >= 15 is 0 Å². The van der Waals surface area contributed by atoms with Gasteiger partial charge in [-0.1, -0.05) is 0 Å². The van der Waals surface area contributed by atoms with Crippen LogP contribution >= 0.6 is 0 Å². The number of amides is 1. The number of hydrogen-bond acceptors (Lipinski definition) is 4. The Kier molecular flexibility index (Phi) is 2.70. The van der Waals surface area contributed by atoms with Gasteiger partial charge in [-0.15, -0.1) is 0 Å². The zero-order valence-corrected chi connectivity index (χ0v) is 10.3. The molecule has 2 N–H and O–H groups in total. The Morgan fingerprint density at radius 3 is 3.11 bits per heavy atom. The third-order valence-electron chi connectivity index (χ3n) is 4.03. The van der Waals surface area contributed by atoms with E-state index in [1.807, 2.05) is 6.07 Å². The van der Waals surface area contributed by atoms with Crippen molar-refractivity contribution in [3.8, 4) is 0 Å². The van der Waals surface area contributed by atoms with Gasteiger partial charge >= 0.3 is 0 Å². The fourth-order valence-electron chi connectivity index (χ4n) is 2.96. The molecule has 2 saturated heterocycles. The summed E-state index contributed by atoms with van der Waals surface area (Å²) in [5, 5.41) is 0. The average Bonchev–Trinajstić information content (AvgIpc) is 3.00. The Balaban J connectivity index is 1.86. The highest BCUT2D eigenvalue weighted by molar-refractivity contribution is 5.98. The summed E-state index contributed by atoms with van der Waals surface area (Å²) in [5.41, 5.74) is 7.08. The van der Waals surface area contributed by atoms with Gasteiger partial charge in [0.2, 0.25) is 0 Å². The van der Waals surface area contributed by atoms with Crippen molar-refractivity contribution < 1.29 is 9.53 Å². The fraction of sp³-hybridized carbons (Fsp3) is 0.538. The number of hydrogen-bond donors (Lipinski definition) is 1. The van der Waals surface area contributed by atoms with Gasteiger partial charge in [0.15, 0.2) is 0 Å². The highest BCUT2D eigenvalue weighted by Crippen LogP contribution is 2.40. The van der Waals surface area contributed by atoms with Gasteiger partial charge in [-0.3, -0.25) is 9.78 Å². The molecule has 0 bridgehead atoms. The van der Waals surface area contributed by atoms with Gasteiger partial charge in [-0.25, -0.2) is 0 Å². The summed E-state index contributed by atoms with van der Waals surface area (Å²) in [5.74, 6) is -0.415. The first kappa shape index (κ1) is 11.5. The molecule has 1 atom stereocenters. The summed E-state index contributed by atoms with van der Waals surface area (Å²) in [6.45, 7) is 3.58. The lowest BCUT2D eigenvalue weighted by atomic mass is 9.87. The predicted molar refractivity (Wildman–Crippen MR) is 67.5 cm³/mol. The SMILES string of the molecule is NC(=O)c1cnccc1N1CCC2(CCOC2)C1. The zero-order valence-electron chi connectivity index (χ0n) is 10.3. The molecule has 2 fully saturated rings. The van der Waals surface area contributed by atoms with Gasteiger partial charge in [0.05, 0.1) is 17.9 Å². The monoisotopic (exact) mass is 247 g/mol. The Morgan fingerprint density at radius 2 is 2.39 bits per heavy atom. The summed E-state index contributed by atoms with van der Waals surface area (Å²) < 4.78 is 5.51. The van der Waals surface area contributed by atoms with E-state index in [1.165, 1.54) is 0 Å². The van der Waals surface area contributed by atoms with Crippen molar-refractivity contribution in [2.75, 3.05) is 31.2 Å². The summed E-state index contributed by atoms with van der Waals surface area (Å²) in [4.78, 5) is 17.6. The molecule has 0 radical (unpaired) electrons. The van der Waals surface area contributed by atoms with Gasteiger partial charge < -0.3 is 15.4 Å². The van der Waals surface area contributed by atoms with Gasteiger partial charge in [0.1, 0.15) is 0 Å². The number of aromatic nitrogens is 1. The van der Waals surface area contributed by atoms with Crippen molar-refractivity contribution in [1.82, 2.24) is 4.98 Å². The van der Waals surface area contributed by atoms with Crippen LogP contribution in [0.25, 0.3) is 0 Å². The molecular formula is C13H17N3O2. The minimum absolute atomic E-state index is 0.276. The Labute approximate surface area is 106 Å². The van der Waals surface area contributed by atoms with Crippen molar-refractivity contribution in [2.24, 2.45) is 11.1 Å². The van der Waals surface area contributed by atoms with Gasteiger partial charge in [-0.2, -0.15) is 0 Å². The molecule has 3 rings (SSSR count). The van der Waals surface area contributed by atoms with Crippen molar-refractivity contribution in [1.29, 1.82) is 0 Å². The van der Waals surface area contributed by atoms with Crippen molar-refractivity contribution in [3.05, 3.63) is 24.0 Å². The van der Waals surface area contributed by atoms with E-state index in [0.717, 1.165) is 44.8 Å². The molecule has 0 saturated carbocycles. The van der Waals surface area contributed by atoms with Crippen LogP contribution in [-0.2, 0) is 4.74 Å². The van der Waals surface area contributed by atoms with E-state index in [2.05, 4.69) is 9.88 Å². The van der Waals surface area contributed by atoms with Gasteiger partial charge in [-0.05, 0) is 18.9 Å². The standard InChI is InChI=1S/C13H17N3O2/c14-12(17)10-7-15-4-1-11(10)16-5-2-13(8-16)3-6-18-9-13/h1,4,7H,2-3,5-6,8-9H2,(H2,14,17). The maximum absolute atomic E-state index is 11.4. The zero-order chi connectivity index (χ0) is 12.6. The lowest BCUT2D eigenvalue weighted by Crippen LogP contribution is -2.29. The molecule has 0 aromatic carbocycles. The third kappa shape index (κ3) is 1.84. The van der Waals surface area contributed by atoms with Crippen molar-refractivity contribution in [2.45, 2.75) is 12.8 Å². The molecule has 1 unspecified atom stereocenters. The van der Waals surface area contributed by atoms with Crippen LogP contribution < -0.4 is 10.6 Å². The minimum atomic E-state index is -0.415. The van der Waals surface area contributed by atoms with Crippen molar-refractivity contribution in [3.63, 3.8) is 0 Å². The average molecular weight is 247 g/mol. The van der Waals surface area contributed by atoms with Crippen LogP contribution in [0.3, 0.4) is 0 Å². The predicted octanol–water partition coefficient (Wildman–Crippen LogP) is 0.797. The highest BCUT2D eigenvalue weighted by Gasteiger charge is 2.41. The second-order valence-corrected chi connectivity index (χ2v) is 5.23. The lowest BCUT2D eigenvalue weighted by molar-refractivity contribution is 0.100.